The minimum atomic E-state index is -0.288. The van der Waals surface area contributed by atoms with Gasteiger partial charge >= 0.3 is 6.03 Å². The summed E-state index contributed by atoms with van der Waals surface area (Å²) in [5.74, 6) is 1.99. The van der Waals surface area contributed by atoms with Crippen molar-refractivity contribution in [3.63, 3.8) is 0 Å². The van der Waals surface area contributed by atoms with Crippen molar-refractivity contribution in [2.75, 3.05) is 20.3 Å². The molecule has 1 aromatic heterocycles. The van der Waals surface area contributed by atoms with Crippen molar-refractivity contribution in [3.8, 4) is 11.5 Å². The van der Waals surface area contributed by atoms with E-state index in [1.165, 1.54) is 0 Å². The first-order valence-electron chi connectivity index (χ1n) is 7.26. The SMILES string of the molecule is COc1ccccc1OCCNC(=O)NC(C)c1nncn1C. The largest absolute Gasteiger partial charge is 0.493 e. The van der Waals surface area contributed by atoms with Crippen molar-refractivity contribution in [3.05, 3.63) is 36.4 Å². The molecule has 0 aliphatic carbocycles. The molecule has 124 valence electrons. The summed E-state index contributed by atoms with van der Waals surface area (Å²) in [5, 5.41) is 13.3. The van der Waals surface area contributed by atoms with Crippen molar-refractivity contribution in [1.29, 1.82) is 0 Å². The Morgan fingerprint density at radius 2 is 2.09 bits per heavy atom. The minimum Gasteiger partial charge on any atom is -0.493 e. The number of methoxy groups -OCH3 is 1. The summed E-state index contributed by atoms with van der Waals surface area (Å²) in [4.78, 5) is 11.8. The summed E-state index contributed by atoms with van der Waals surface area (Å²) in [6, 6.07) is 6.83. The van der Waals surface area contributed by atoms with Crippen LogP contribution >= 0.6 is 0 Å². The molecule has 2 aromatic rings. The van der Waals surface area contributed by atoms with Crippen LogP contribution in [0, 0.1) is 0 Å². The number of nitrogens with zero attached hydrogens (tertiary/aromatic N) is 3. The number of amides is 2. The van der Waals surface area contributed by atoms with E-state index in [0.717, 1.165) is 0 Å². The molecule has 8 nitrogen and oxygen atoms in total. The van der Waals surface area contributed by atoms with E-state index in [4.69, 9.17) is 9.47 Å². The van der Waals surface area contributed by atoms with Gasteiger partial charge in [0.2, 0.25) is 0 Å². The van der Waals surface area contributed by atoms with Crippen LogP contribution in [0.5, 0.6) is 11.5 Å². The van der Waals surface area contributed by atoms with Crippen LogP contribution < -0.4 is 20.1 Å². The zero-order chi connectivity index (χ0) is 16.7. The van der Waals surface area contributed by atoms with Crippen molar-refractivity contribution >= 4 is 6.03 Å². The summed E-state index contributed by atoms with van der Waals surface area (Å²) < 4.78 is 12.5. The number of carbonyl (C=O) groups is 1. The van der Waals surface area contributed by atoms with Crippen molar-refractivity contribution in [2.45, 2.75) is 13.0 Å². The van der Waals surface area contributed by atoms with Gasteiger partial charge in [0.05, 0.1) is 19.7 Å². The zero-order valence-corrected chi connectivity index (χ0v) is 13.4. The average Bonchev–Trinajstić information content (AvgIpc) is 2.98. The van der Waals surface area contributed by atoms with E-state index in [1.807, 2.05) is 38.2 Å². The maximum Gasteiger partial charge on any atom is 0.315 e. The summed E-state index contributed by atoms with van der Waals surface area (Å²) in [5.41, 5.74) is 0. The second-order valence-corrected chi connectivity index (χ2v) is 4.92. The fraction of sp³-hybridized carbons (Fsp3) is 0.400. The normalized spacial score (nSPS) is 11.6. The number of benzene rings is 1. The van der Waals surface area contributed by atoms with Gasteiger partial charge in [-0.3, -0.25) is 0 Å². The van der Waals surface area contributed by atoms with E-state index < -0.39 is 0 Å². The van der Waals surface area contributed by atoms with Crippen LogP contribution in [0.3, 0.4) is 0 Å². The number of carbonyl (C=O) groups excluding carboxylic acids is 1. The fourth-order valence-corrected chi connectivity index (χ4v) is 2.06. The van der Waals surface area contributed by atoms with E-state index in [0.29, 0.717) is 30.5 Å². The van der Waals surface area contributed by atoms with E-state index in [9.17, 15) is 4.79 Å². The monoisotopic (exact) mass is 319 g/mol. The van der Waals surface area contributed by atoms with Gasteiger partial charge in [-0.25, -0.2) is 4.79 Å². The topological polar surface area (TPSA) is 90.3 Å². The van der Waals surface area contributed by atoms with Crippen LogP contribution in [0.25, 0.3) is 0 Å². The predicted octanol–water partition coefficient (Wildman–Crippen LogP) is 1.26. The molecule has 23 heavy (non-hydrogen) atoms. The number of hydrogen-bond acceptors (Lipinski definition) is 5. The second kappa shape index (κ2) is 8.02. The number of hydrogen-bond donors (Lipinski definition) is 2. The Kier molecular flexibility index (Phi) is 5.79. The van der Waals surface area contributed by atoms with Crippen LogP contribution in [0.4, 0.5) is 4.79 Å². The first-order chi connectivity index (χ1) is 11.1. The van der Waals surface area contributed by atoms with Gasteiger partial charge in [-0.05, 0) is 19.1 Å². The van der Waals surface area contributed by atoms with Gasteiger partial charge < -0.3 is 24.7 Å². The Morgan fingerprint density at radius 3 is 2.74 bits per heavy atom. The van der Waals surface area contributed by atoms with Gasteiger partial charge in [-0.15, -0.1) is 10.2 Å². The highest BCUT2D eigenvalue weighted by molar-refractivity contribution is 5.74. The summed E-state index contributed by atoms with van der Waals surface area (Å²) in [7, 11) is 3.41. The van der Waals surface area contributed by atoms with Gasteiger partial charge in [-0.1, -0.05) is 12.1 Å². The summed E-state index contributed by atoms with van der Waals surface area (Å²) >= 11 is 0. The van der Waals surface area contributed by atoms with E-state index in [2.05, 4.69) is 20.8 Å². The lowest BCUT2D eigenvalue weighted by Gasteiger charge is -2.14. The number of aromatic nitrogens is 3. The molecule has 2 N–H and O–H groups in total. The molecule has 0 aliphatic heterocycles. The van der Waals surface area contributed by atoms with Crippen LogP contribution in [0.1, 0.15) is 18.8 Å². The molecule has 0 aliphatic rings. The third kappa shape index (κ3) is 4.60. The van der Waals surface area contributed by atoms with Crippen molar-refractivity contribution < 1.29 is 14.3 Å². The Bertz CT molecular complexity index is 644. The third-order valence-corrected chi connectivity index (χ3v) is 3.20. The minimum absolute atomic E-state index is 0.238. The molecule has 1 aromatic carbocycles. The summed E-state index contributed by atoms with van der Waals surface area (Å²) in [6.07, 6.45) is 1.59. The smallest absolute Gasteiger partial charge is 0.315 e. The molecule has 8 heteroatoms. The van der Waals surface area contributed by atoms with Crippen molar-refractivity contribution in [2.24, 2.45) is 7.05 Å². The number of aryl methyl sites for hydroxylation is 1. The molecule has 0 spiro atoms. The highest BCUT2D eigenvalue weighted by Crippen LogP contribution is 2.25. The number of para-hydroxylation sites is 2. The molecular formula is C15H21N5O3. The molecule has 1 unspecified atom stereocenters. The van der Waals surface area contributed by atoms with Crippen LogP contribution in [0.2, 0.25) is 0 Å². The third-order valence-electron chi connectivity index (χ3n) is 3.20. The van der Waals surface area contributed by atoms with Gasteiger partial charge in [0, 0.05) is 7.05 Å². The Balaban J connectivity index is 1.72. The second-order valence-electron chi connectivity index (χ2n) is 4.92. The lowest BCUT2D eigenvalue weighted by Crippen LogP contribution is -2.39. The molecule has 1 atom stereocenters. The molecule has 1 heterocycles. The predicted molar refractivity (Wildman–Crippen MR) is 84.4 cm³/mol. The molecule has 0 bridgehead atoms. The number of urea groups is 1. The number of rotatable bonds is 7. The van der Waals surface area contributed by atoms with E-state index in [1.54, 1.807) is 18.0 Å². The lowest BCUT2D eigenvalue weighted by atomic mass is 10.3. The van der Waals surface area contributed by atoms with Gasteiger partial charge in [0.15, 0.2) is 17.3 Å². The van der Waals surface area contributed by atoms with E-state index in [-0.39, 0.29) is 12.1 Å². The van der Waals surface area contributed by atoms with Crippen LogP contribution in [-0.2, 0) is 7.05 Å². The highest BCUT2D eigenvalue weighted by atomic mass is 16.5. The summed E-state index contributed by atoms with van der Waals surface area (Å²) in [6.45, 7) is 2.55. The number of nitrogens with one attached hydrogen (secondary N) is 2. The molecule has 0 fully saturated rings. The maximum atomic E-state index is 11.8. The van der Waals surface area contributed by atoms with Crippen molar-refractivity contribution in [1.82, 2.24) is 25.4 Å². The molecule has 0 radical (unpaired) electrons. The number of ether oxygens (including phenoxy) is 2. The highest BCUT2D eigenvalue weighted by Gasteiger charge is 2.13. The fourth-order valence-electron chi connectivity index (χ4n) is 2.06. The van der Waals surface area contributed by atoms with Crippen LogP contribution in [-0.4, -0.2) is 41.1 Å². The van der Waals surface area contributed by atoms with Gasteiger partial charge in [0.1, 0.15) is 12.9 Å². The Labute approximate surface area is 134 Å². The first kappa shape index (κ1) is 16.6. The standard InChI is InChI=1S/C15H21N5O3/c1-11(14-19-17-10-20(14)2)18-15(21)16-8-9-23-13-7-5-4-6-12(13)22-3/h4-7,10-11H,8-9H2,1-3H3,(H2,16,18,21). The van der Waals surface area contributed by atoms with E-state index >= 15 is 0 Å². The molecule has 2 amide bonds. The molecule has 0 saturated heterocycles. The lowest BCUT2D eigenvalue weighted by molar-refractivity contribution is 0.232. The Hall–Kier alpha value is -2.77. The quantitative estimate of drug-likeness (QED) is 0.750. The molecule has 2 rings (SSSR count). The molecule has 0 saturated carbocycles. The van der Waals surface area contributed by atoms with Gasteiger partial charge in [0.25, 0.3) is 0 Å². The average molecular weight is 319 g/mol. The Morgan fingerprint density at radius 1 is 1.35 bits per heavy atom. The first-order valence-corrected chi connectivity index (χ1v) is 7.26. The molecular weight excluding hydrogens is 298 g/mol. The maximum absolute atomic E-state index is 11.8. The van der Waals surface area contributed by atoms with Crippen LogP contribution in [0.15, 0.2) is 30.6 Å². The van der Waals surface area contributed by atoms with Gasteiger partial charge in [-0.2, -0.15) is 0 Å². The zero-order valence-electron chi connectivity index (χ0n) is 13.4.